The van der Waals surface area contributed by atoms with Gasteiger partial charge in [-0.3, -0.25) is 0 Å². The van der Waals surface area contributed by atoms with Gasteiger partial charge >= 0.3 is 0 Å². The third-order valence-electron chi connectivity index (χ3n) is 0.493. The molecule has 0 spiro atoms. The molecule has 0 aliphatic rings. The van der Waals surface area contributed by atoms with E-state index in [1.54, 1.807) is 0 Å². The second kappa shape index (κ2) is 3.87. The SMILES string of the molecule is [CH2+]C[CH]CC. The predicted octanol–water partition coefficient (Wildman–Crippen LogP) is 1.82. The molecule has 0 fully saturated rings. The molecule has 1 radical (unpaired) electrons. The average molecular weight is 70.1 g/mol. The van der Waals surface area contributed by atoms with E-state index in [1.165, 1.54) is 0 Å². The van der Waals surface area contributed by atoms with Crippen LogP contribution in [0.1, 0.15) is 19.8 Å². The van der Waals surface area contributed by atoms with E-state index in [-0.39, 0.29) is 0 Å². The summed E-state index contributed by atoms with van der Waals surface area (Å²) in [7, 11) is 0. The van der Waals surface area contributed by atoms with Gasteiger partial charge in [-0.1, -0.05) is 6.92 Å². The number of unbranched alkanes of at least 4 members (excludes halogenated alkanes) is 2. The summed E-state index contributed by atoms with van der Waals surface area (Å²) >= 11 is 0. The lowest BCUT2D eigenvalue weighted by molar-refractivity contribution is 1.02. The Hall–Kier alpha value is -0.130. The maximum Gasteiger partial charge on any atom is 0.0882 e. The molecule has 0 aromatic heterocycles. The highest BCUT2D eigenvalue weighted by Crippen LogP contribution is 1.85. The summed E-state index contributed by atoms with van der Waals surface area (Å²) in [5, 5.41) is 0. The molecular formula is C5H10+. The van der Waals surface area contributed by atoms with Crippen LogP contribution in [0, 0.1) is 13.3 Å². The second-order valence-electron chi connectivity index (χ2n) is 0.986. The molecule has 0 heterocycles. The first-order chi connectivity index (χ1) is 2.41. The van der Waals surface area contributed by atoms with Gasteiger partial charge in [0.15, 0.2) is 0 Å². The molecule has 0 aromatic rings. The van der Waals surface area contributed by atoms with E-state index in [1.807, 2.05) is 0 Å². The summed E-state index contributed by atoms with van der Waals surface area (Å²) in [4.78, 5) is 0. The maximum atomic E-state index is 3.62. The van der Waals surface area contributed by atoms with Gasteiger partial charge in [0.05, 0.1) is 13.3 Å². The summed E-state index contributed by atoms with van der Waals surface area (Å²) in [5.74, 6) is 0. The summed E-state index contributed by atoms with van der Waals surface area (Å²) in [6.07, 6.45) is 4.26. The highest BCUT2D eigenvalue weighted by Gasteiger charge is 1.75. The molecule has 0 amide bonds. The summed E-state index contributed by atoms with van der Waals surface area (Å²) < 4.78 is 0. The van der Waals surface area contributed by atoms with Gasteiger partial charge in [0.25, 0.3) is 0 Å². The van der Waals surface area contributed by atoms with Crippen molar-refractivity contribution in [3.63, 3.8) is 0 Å². The normalized spacial score (nSPS) is 8.20. The van der Waals surface area contributed by atoms with Crippen molar-refractivity contribution in [2.45, 2.75) is 19.8 Å². The fourth-order valence-electron chi connectivity index (χ4n) is 0.204. The third kappa shape index (κ3) is 3.87. The van der Waals surface area contributed by atoms with Gasteiger partial charge in [-0.2, -0.15) is 0 Å². The fourth-order valence-corrected chi connectivity index (χ4v) is 0.204. The van der Waals surface area contributed by atoms with Crippen molar-refractivity contribution in [3.05, 3.63) is 13.3 Å². The van der Waals surface area contributed by atoms with Crippen LogP contribution in [-0.2, 0) is 0 Å². The fraction of sp³-hybridized carbons (Fsp3) is 0.600. The van der Waals surface area contributed by atoms with Crippen molar-refractivity contribution in [1.29, 1.82) is 0 Å². The average Bonchev–Trinajstić information content (AvgIpc) is 1.41. The smallest absolute Gasteiger partial charge is 0.0649 e. The largest absolute Gasteiger partial charge is 0.0882 e. The lowest BCUT2D eigenvalue weighted by Gasteiger charge is -1.72. The molecule has 0 saturated heterocycles. The molecule has 0 rings (SSSR count). The lowest BCUT2D eigenvalue weighted by atomic mass is 10.3. The van der Waals surface area contributed by atoms with Crippen LogP contribution in [0.3, 0.4) is 0 Å². The van der Waals surface area contributed by atoms with Gasteiger partial charge in [-0.25, -0.2) is 0 Å². The van der Waals surface area contributed by atoms with Crippen molar-refractivity contribution in [1.82, 2.24) is 0 Å². The van der Waals surface area contributed by atoms with Crippen LogP contribution in [-0.4, -0.2) is 0 Å². The minimum Gasteiger partial charge on any atom is -0.0649 e. The molecule has 5 heavy (non-hydrogen) atoms. The molecule has 0 aromatic carbocycles. The molecule has 0 nitrogen and oxygen atoms in total. The van der Waals surface area contributed by atoms with E-state index < -0.39 is 0 Å². The molecule has 0 aliphatic carbocycles. The van der Waals surface area contributed by atoms with Gasteiger partial charge in [0.2, 0.25) is 0 Å². The van der Waals surface area contributed by atoms with Gasteiger partial charge < -0.3 is 0 Å². The first kappa shape index (κ1) is 4.87. The quantitative estimate of drug-likeness (QED) is 0.435. The van der Waals surface area contributed by atoms with Crippen molar-refractivity contribution in [2.75, 3.05) is 0 Å². The minimum absolute atomic E-state index is 0.969. The van der Waals surface area contributed by atoms with Crippen LogP contribution in [0.2, 0.25) is 0 Å². The summed E-state index contributed by atoms with van der Waals surface area (Å²) in [6.45, 7) is 5.74. The Balaban J connectivity index is 2.19. The van der Waals surface area contributed by atoms with E-state index in [4.69, 9.17) is 0 Å². The maximum absolute atomic E-state index is 3.62. The lowest BCUT2D eigenvalue weighted by Crippen LogP contribution is -1.61. The van der Waals surface area contributed by atoms with E-state index in [0.717, 1.165) is 12.8 Å². The van der Waals surface area contributed by atoms with E-state index in [0.29, 0.717) is 0 Å². The molecule has 0 heteroatoms. The molecule has 29 valence electrons. The summed E-state index contributed by atoms with van der Waals surface area (Å²) in [6, 6.07) is 0. The van der Waals surface area contributed by atoms with E-state index in [9.17, 15) is 0 Å². The number of hydrogen-bond donors (Lipinski definition) is 0. The Kier molecular flexibility index (Phi) is 3.77. The Bertz CT molecular complexity index is 7.51. The summed E-state index contributed by atoms with van der Waals surface area (Å²) in [5.41, 5.74) is 0. The zero-order chi connectivity index (χ0) is 4.12. The topological polar surface area (TPSA) is 0 Å². The van der Waals surface area contributed by atoms with Gasteiger partial charge in [-0.15, -0.1) is 0 Å². The van der Waals surface area contributed by atoms with Crippen LogP contribution in [0.5, 0.6) is 0 Å². The van der Waals surface area contributed by atoms with Crippen LogP contribution in [0.4, 0.5) is 0 Å². The minimum atomic E-state index is 0.969. The van der Waals surface area contributed by atoms with Crippen LogP contribution in [0.25, 0.3) is 0 Å². The van der Waals surface area contributed by atoms with Crippen molar-refractivity contribution < 1.29 is 0 Å². The van der Waals surface area contributed by atoms with Crippen molar-refractivity contribution in [2.24, 2.45) is 0 Å². The van der Waals surface area contributed by atoms with Crippen LogP contribution < -0.4 is 0 Å². The number of hydrogen-bond acceptors (Lipinski definition) is 0. The second-order valence-corrected chi connectivity index (χ2v) is 0.986. The Morgan fingerprint density at radius 3 is 2.40 bits per heavy atom. The zero-order valence-electron chi connectivity index (χ0n) is 3.70. The molecular weight excluding hydrogens is 60.1 g/mol. The molecule has 0 bridgehead atoms. The number of rotatable bonds is 2. The Morgan fingerprint density at radius 2 is 2.40 bits per heavy atom. The van der Waals surface area contributed by atoms with E-state index in [2.05, 4.69) is 20.3 Å². The molecule has 0 atom stereocenters. The van der Waals surface area contributed by atoms with Crippen molar-refractivity contribution in [3.8, 4) is 0 Å². The van der Waals surface area contributed by atoms with Crippen LogP contribution >= 0.6 is 0 Å². The van der Waals surface area contributed by atoms with Crippen LogP contribution in [0.15, 0.2) is 0 Å². The predicted molar refractivity (Wildman–Crippen MR) is 24.6 cm³/mol. The monoisotopic (exact) mass is 70.1 g/mol. The van der Waals surface area contributed by atoms with E-state index >= 15 is 0 Å². The van der Waals surface area contributed by atoms with Gasteiger partial charge in [-0.05, 0) is 6.42 Å². The van der Waals surface area contributed by atoms with Gasteiger partial charge in [0.1, 0.15) is 0 Å². The standard InChI is InChI=1S/C5H10/c1-3-5-4-2/h5H,1,3-4H2,2H3/q+1. The highest BCUT2D eigenvalue weighted by atomic mass is 13.7. The van der Waals surface area contributed by atoms with Gasteiger partial charge in [0, 0.05) is 6.42 Å². The third-order valence-corrected chi connectivity index (χ3v) is 0.493. The highest BCUT2D eigenvalue weighted by molar-refractivity contribution is 4.60. The molecule has 0 N–H and O–H groups in total. The molecule has 0 saturated carbocycles. The first-order valence-corrected chi connectivity index (χ1v) is 2.02. The Labute approximate surface area is 34.2 Å². The van der Waals surface area contributed by atoms with Crippen molar-refractivity contribution >= 4 is 0 Å². The zero-order valence-corrected chi connectivity index (χ0v) is 3.70. The molecule has 0 unspecified atom stereocenters. The molecule has 0 aliphatic heterocycles. The first-order valence-electron chi connectivity index (χ1n) is 2.02. The Morgan fingerprint density at radius 1 is 1.80 bits per heavy atom.